The highest BCUT2D eigenvalue weighted by molar-refractivity contribution is 6.11. The molecule has 0 aliphatic carbocycles. The van der Waals surface area contributed by atoms with Crippen LogP contribution in [-0.2, 0) is 11.2 Å². The number of benzene rings is 1. The molecule has 3 atom stereocenters. The Morgan fingerprint density at radius 1 is 1.18 bits per heavy atom. The van der Waals surface area contributed by atoms with Crippen molar-refractivity contribution in [3.63, 3.8) is 0 Å². The molecule has 3 rings (SSSR count). The van der Waals surface area contributed by atoms with E-state index in [4.69, 9.17) is 0 Å². The van der Waals surface area contributed by atoms with Gasteiger partial charge in [0.1, 0.15) is 6.04 Å². The molecule has 38 heavy (non-hydrogen) atoms. The minimum atomic E-state index is -0.382. The standard InChI is InChI=1S/C32H49N3O3/c1-20(2)10-9-11-22(5)14-15-35-26-13-12-25(27(37)17-32(6,7)8)29-28(26)23(18-33-29)16-24(19-36)34-31(38)30(35)21(3)4/h10,12-13,18,21-22,24,30,33,36H,9,11,14-17,19H2,1-8H3,(H,34,38)/t22-,24-,30-/m0/s1. The number of hydrogen-bond donors (Lipinski definition) is 3. The van der Waals surface area contributed by atoms with Crippen LogP contribution >= 0.6 is 0 Å². The van der Waals surface area contributed by atoms with Crippen molar-refractivity contribution in [1.82, 2.24) is 10.3 Å². The minimum absolute atomic E-state index is 0.0496. The Bertz CT molecular complexity index is 1150. The third-order valence-electron chi connectivity index (χ3n) is 7.54. The molecule has 210 valence electrons. The van der Waals surface area contributed by atoms with E-state index in [0.29, 0.717) is 24.3 Å². The van der Waals surface area contributed by atoms with Crippen LogP contribution in [0.15, 0.2) is 30.0 Å². The largest absolute Gasteiger partial charge is 0.394 e. The molecule has 1 amide bonds. The highest BCUT2D eigenvalue weighted by Crippen LogP contribution is 2.37. The van der Waals surface area contributed by atoms with Crippen molar-refractivity contribution in [2.24, 2.45) is 17.3 Å². The zero-order valence-corrected chi connectivity index (χ0v) is 24.8. The van der Waals surface area contributed by atoms with E-state index >= 15 is 0 Å². The van der Waals surface area contributed by atoms with E-state index in [2.05, 4.69) is 76.7 Å². The summed E-state index contributed by atoms with van der Waals surface area (Å²) in [5.41, 5.74) is 4.77. The number of aliphatic hydroxyl groups excluding tert-OH is 1. The number of Topliss-reactive ketones (excluding diaryl/α,β-unsaturated/α-hetero) is 1. The Labute approximate surface area is 229 Å². The molecule has 1 aliphatic rings. The molecule has 0 bridgehead atoms. The number of nitrogens with zero attached hydrogens (tertiary/aromatic N) is 1. The van der Waals surface area contributed by atoms with Gasteiger partial charge in [-0.15, -0.1) is 0 Å². The molecule has 0 fully saturated rings. The van der Waals surface area contributed by atoms with Gasteiger partial charge in [-0.1, -0.05) is 53.2 Å². The van der Waals surface area contributed by atoms with Crippen molar-refractivity contribution in [2.75, 3.05) is 18.1 Å². The summed E-state index contributed by atoms with van der Waals surface area (Å²) in [5, 5.41) is 14.2. The number of H-pyrrole nitrogens is 1. The van der Waals surface area contributed by atoms with Gasteiger partial charge in [-0.25, -0.2) is 0 Å². The molecule has 6 heteroatoms. The number of rotatable bonds is 10. The third-order valence-corrected chi connectivity index (χ3v) is 7.54. The van der Waals surface area contributed by atoms with Crippen LogP contribution in [0.3, 0.4) is 0 Å². The fourth-order valence-corrected chi connectivity index (χ4v) is 5.59. The second-order valence-corrected chi connectivity index (χ2v) is 13.1. The molecule has 0 spiro atoms. The van der Waals surface area contributed by atoms with Crippen LogP contribution in [0.5, 0.6) is 0 Å². The van der Waals surface area contributed by atoms with Gasteiger partial charge in [-0.2, -0.15) is 0 Å². The van der Waals surface area contributed by atoms with Crippen molar-refractivity contribution in [3.05, 3.63) is 41.1 Å². The van der Waals surface area contributed by atoms with Crippen molar-refractivity contribution in [2.45, 2.75) is 99.6 Å². The molecule has 0 saturated carbocycles. The van der Waals surface area contributed by atoms with Gasteiger partial charge in [-0.05, 0) is 74.5 Å². The summed E-state index contributed by atoms with van der Waals surface area (Å²) >= 11 is 0. The SMILES string of the molecule is CC(C)=CCC[C@H](C)CCN1c2ccc(C(=O)CC(C)(C)C)c3[nH]cc(c23)C[C@@H](CO)NC(=O)[C@@H]1C(C)C. The molecule has 1 aromatic carbocycles. The fourth-order valence-electron chi connectivity index (χ4n) is 5.59. The molecule has 2 heterocycles. The summed E-state index contributed by atoms with van der Waals surface area (Å²) in [4.78, 5) is 32.7. The Hall–Kier alpha value is -2.60. The van der Waals surface area contributed by atoms with Crippen LogP contribution in [0.4, 0.5) is 5.69 Å². The lowest BCUT2D eigenvalue weighted by atomic mass is 9.87. The normalized spacial score (nSPS) is 19.1. The van der Waals surface area contributed by atoms with Gasteiger partial charge < -0.3 is 20.3 Å². The predicted octanol–water partition coefficient (Wildman–Crippen LogP) is 6.42. The van der Waals surface area contributed by atoms with E-state index in [1.54, 1.807) is 0 Å². The first-order chi connectivity index (χ1) is 17.8. The minimum Gasteiger partial charge on any atom is -0.394 e. The highest BCUT2D eigenvalue weighted by atomic mass is 16.3. The van der Waals surface area contributed by atoms with Gasteiger partial charge in [0.05, 0.1) is 18.2 Å². The lowest BCUT2D eigenvalue weighted by molar-refractivity contribution is -0.124. The van der Waals surface area contributed by atoms with Gasteiger partial charge in [0, 0.05) is 35.8 Å². The number of carbonyl (C=O) groups is 2. The molecular formula is C32H49N3O3. The summed E-state index contributed by atoms with van der Waals surface area (Å²) in [6, 6.07) is 3.22. The number of amides is 1. The van der Waals surface area contributed by atoms with Crippen LogP contribution in [0.2, 0.25) is 0 Å². The van der Waals surface area contributed by atoms with Crippen molar-refractivity contribution in [1.29, 1.82) is 0 Å². The Morgan fingerprint density at radius 2 is 1.89 bits per heavy atom. The zero-order chi connectivity index (χ0) is 28.2. The maximum absolute atomic E-state index is 13.6. The maximum Gasteiger partial charge on any atom is 0.243 e. The van der Waals surface area contributed by atoms with Crippen LogP contribution in [-0.4, -0.2) is 47.0 Å². The van der Waals surface area contributed by atoms with Crippen LogP contribution < -0.4 is 10.2 Å². The monoisotopic (exact) mass is 523 g/mol. The molecule has 3 N–H and O–H groups in total. The number of aliphatic hydroxyl groups is 1. The quantitative estimate of drug-likeness (QED) is 0.248. The molecule has 1 aromatic heterocycles. The van der Waals surface area contributed by atoms with Crippen molar-refractivity contribution < 1.29 is 14.7 Å². The zero-order valence-electron chi connectivity index (χ0n) is 24.8. The van der Waals surface area contributed by atoms with Crippen LogP contribution in [0.25, 0.3) is 10.9 Å². The Morgan fingerprint density at radius 3 is 2.50 bits per heavy atom. The molecule has 0 unspecified atom stereocenters. The van der Waals surface area contributed by atoms with Crippen LogP contribution in [0.1, 0.15) is 97.0 Å². The lowest BCUT2D eigenvalue weighted by Gasteiger charge is -2.36. The van der Waals surface area contributed by atoms with E-state index in [1.807, 2.05) is 18.3 Å². The number of anilines is 1. The Kier molecular flexibility index (Phi) is 9.85. The van der Waals surface area contributed by atoms with Gasteiger partial charge in [0.25, 0.3) is 0 Å². The summed E-state index contributed by atoms with van der Waals surface area (Å²) in [6.45, 7) is 17.6. The molecule has 6 nitrogen and oxygen atoms in total. The molecular weight excluding hydrogens is 474 g/mol. The van der Waals surface area contributed by atoms with Gasteiger partial charge in [-0.3, -0.25) is 9.59 Å². The molecule has 0 radical (unpaired) electrons. The third kappa shape index (κ3) is 7.28. The second kappa shape index (κ2) is 12.5. The smallest absolute Gasteiger partial charge is 0.243 e. The van der Waals surface area contributed by atoms with Crippen molar-refractivity contribution >= 4 is 28.3 Å². The summed E-state index contributed by atoms with van der Waals surface area (Å²) < 4.78 is 0. The maximum atomic E-state index is 13.6. The van der Waals surface area contributed by atoms with E-state index < -0.39 is 0 Å². The first kappa shape index (κ1) is 29.9. The van der Waals surface area contributed by atoms with Gasteiger partial charge in [0.15, 0.2) is 5.78 Å². The predicted molar refractivity (Wildman–Crippen MR) is 158 cm³/mol. The average molecular weight is 524 g/mol. The van der Waals surface area contributed by atoms with Crippen molar-refractivity contribution in [3.8, 4) is 0 Å². The molecule has 0 saturated heterocycles. The highest BCUT2D eigenvalue weighted by Gasteiger charge is 2.34. The number of ketones is 1. The van der Waals surface area contributed by atoms with E-state index in [-0.39, 0.29) is 41.7 Å². The molecule has 1 aliphatic heterocycles. The fraction of sp³-hybridized carbons (Fsp3) is 0.625. The molecule has 2 aromatic rings. The summed E-state index contributed by atoms with van der Waals surface area (Å²) in [5.74, 6) is 0.637. The van der Waals surface area contributed by atoms with Gasteiger partial charge in [0.2, 0.25) is 5.91 Å². The van der Waals surface area contributed by atoms with E-state index in [1.165, 1.54) is 5.57 Å². The first-order valence-electron chi connectivity index (χ1n) is 14.3. The number of aromatic nitrogens is 1. The number of allylic oxidation sites excluding steroid dienone is 2. The number of carbonyl (C=O) groups excluding carboxylic acids is 2. The first-order valence-corrected chi connectivity index (χ1v) is 14.3. The second-order valence-electron chi connectivity index (χ2n) is 13.1. The number of nitrogens with one attached hydrogen (secondary N) is 2. The number of aromatic amines is 1. The number of hydrogen-bond acceptors (Lipinski definition) is 4. The lowest BCUT2D eigenvalue weighted by Crippen LogP contribution is -2.53. The van der Waals surface area contributed by atoms with Gasteiger partial charge >= 0.3 is 0 Å². The van der Waals surface area contributed by atoms with E-state index in [9.17, 15) is 14.7 Å². The van der Waals surface area contributed by atoms with Crippen LogP contribution in [0, 0.1) is 17.3 Å². The average Bonchev–Trinajstić information content (AvgIpc) is 3.23. The summed E-state index contributed by atoms with van der Waals surface area (Å²) in [7, 11) is 0. The summed E-state index contributed by atoms with van der Waals surface area (Å²) in [6.07, 6.45) is 8.33. The Balaban J connectivity index is 2.10. The van der Waals surface area contributed by atoms with E-state index in [0.717, 1.165) is 48.0 Å². The topological polar surface area (TPSA) is 85.4 Å².